The first-order chi connectivity index (χ1) is 13.5. The van der Waals surface area contributed by atoms with Crippen LogP contribution in [0.5, 0.6) is 0 Å². The molecule has 0 bridgehead atoms. The number of aliphatic carboxylic acids is 1. The van der Waals surface area contributed by atoms with E-state index >= 15 is 0 Å². The molecule has 146 valence electrons. The molecule has 0 saturated heterocycles. The fourth-order valence-corrected chi connectivity index (χ4v) is 3.36. The molecule has 0 aliphatic heterocycles. The highest BCUT2D eigenvalue weighted by atomic mass is 16.4. The third kappa shape index (κ3) is 4.57. The number of rotatable bonds is 7. The van der Waals surface area contributed by atoms with Gasteiger partial charge in [-0.2, -0.15) is 0 Å². The van der Waals surface area contributed by atoms with E-state index < -0.39 is 12.0 Å². The van der Waals surface area contributed by atoms with Gasteiger partial charge in [-0.3, -0.25) is 14.4 Å². The second-order valence-electron chi connectivity index (χ2n) is 7.15. The Morgan fingerprint density at radius 3 is 2.29 bits per heavy atom. The lowest BCUT2D eigenvalue weighted by Crippen LogP contribution is -2.45. The van der Waals surface area contributed by atoms with E-state index in [9.17, 15) is 14.4 Å². The summed E-state index contributed by atoms with van der Waals surface area (Å²) in [6.45, 7) is 1.92. The normalized spacial score (nSPS) is 19.2. The Morgan fingerprint density at radius 1 is 1.04 bits per heavy atom. The number of carboxylic acids is 1. The van der Waals surface area contributed by atoms with E-state index in [0.717, 1.165) is 24.0 Å². The van der Waals surface area contributed by atoms with Crippen LogP contribution in [0.1, 0.15) is 47.2 Å². The SMILES string of the molecule is C[C@H](NC(=O)C1CC[C@H]1c1ccc(C(=O)NCc2ccccc2)cc1)C(=O)O. The number of carbonyl (C=O) groups excluding carboxylic acids is 2. The molecule has 1 fully saturated rings. The van der Waals surface area contributed by atoms with Crippen LogP contribution in [0.2, 0.25) is 0 Å². The Hall–Kier alpha value is -3.15. The molecule has 2 aromatic carbocycles. The number of amides is 2. The van der Waals surface area contributed by atoms with Crippen molar-refractivity contribution in [1.29, 1.82) is 0 Å². The highest BCUT2D eigenvalue weighted by molar-refractivity contribution is 5.94. The summed E-state index contributed by atoms with van der Waals surface area (Å²) in [5.41, 5.74) is 2.60. The van der Waals surface area contributed by atoms with Crippen molar-refractivity contribution in [3.63, 3.8) is 0 Å². The minimum Gasteiger partial charge on any atom is -0.480 e. The van der Waals surface area contributed by atoms with Crippen molar-refractivity contribution in [2.45, 2.75) is 38.3 Å². The Labute approximate surface area is 164 Å². The molecule has 1 saturated carbocycles. The van der Waals surface area contributed by atoms with Crippen molar-refractivity contribution in [2.75, 3.05) is 0 Å². The second kappa shape index (κ2) is 8.69. The molecule has 0 aromatic heterocycles. The highest BCUT2D eigenvalue weighted by Gasteiger charge is 2.38. The maximum absolute atomic E-state index is 12.3. The molecule has 0 spiro atoms. The first kappa shape index (κ1) is 19.6. The van der Waals surface area contributed by atoms with Gasteiger partial charge in [-0.05, 0) is 48.9 Å². The van der Waals surface area contributed by atoms with Gasteiger partial charge in [-0.1, -0.05) is 42.5 Å². The summed E-state index contributed by atoms with van der Waals surface area (Å²) in [4.78, 5) is 35.5. The molecule has 28 heavy (non-hydrogen) atoms. The van der Waals surface area contributed by atoms with Gasteiger partial charge in [0.05, 0.1) is 0 Å². The zero-order valence-corrected chi connectivity index (χ0v) is 15.7. The van der Waals surface area contributed by atoms with Gasteiger partial charge in [0, 0.05) is 18.0 Å². The predicted octanol–water partition coefficient (Wildman–Crippen LogP) is 2.70. The molecule has 3 N–H and O–H groups in total. The molecule has 2 amide bonds. The van der Waals surface area contributed by atoms with Gasteiger partial charge in [-0.15, -0.1) is 0 Å². The van der Waals surface area contributed by atoms with Crippen molar-refractivity contribution < 1.29 is 19.5 Å². The highest BCUT2D eigenvalue weighted by Crippen LogP contribution is 2.42. The molecule has 0 heterocycles. The molecule has 6 heteroatoms. The number of hydrogen-bond donors (Lipinski definition) is 3. The van der Waals surface area contributed by atoms with Crippen molar-refractivity contribution >= 4 is 17.8 Å². The first-order valence-electron chi connectivity index (χ1n) is 9.41. The number of carboxylic acid groups (broad SMARTS) is 1. The lowest BCUT2D eigenvalue weighted by molar-refractivity contribution is -0.142. The van der Waals surface area contributed by atoms with E-state index in [1.165, 1.54) is 6.92 Å². The van der Waals surface area contributed by atoms with Crippen molar-refractivity contribution in [3.8, 4) is 0 Å². The Kier molecular flexibility index (Phi) is 6.09. The topological polar surface area (TPSA) is 95.5 Å². The first-order valence-corrected chi connectivity index (χ1v) is 9.41. The monoisotopic (exact) mass is 380 g/mol. The molecule has 2 aromatic rings. The van der Waals surface area contributed by atoms with Crippen LogP contribution in [0.25, 0.3) is 0 Å². The van der Waals surface area contributed by atoms with E-state index in [-0.39, 0.29) is 23.7 Å². The van der Waals surface area contributed by atoms with Gasteiger partial charge in [0.25, 0.3) is 5.91 Å². The zero-order valence-electron chi connectivity index (χ0n) is 15.7. The number of benzene rings is 2. The molecular weight excluding hydrogens is 356 g/mol. The summed E-state index contributed by atoms with van der Waals surface area (Å²) >= 11 is 0. The summed E-state index contributed by atoms with van der Waals surface area (Å²) in [5, 5.41) is 14.4. The second-order valence-corrected chi connectivity index (χ2v) is 7.15. The maximum atomic E-state index is 12.3. The van der Waals surface area contributed by atoms with Crippen LogP contribution in [0, 0.1) is 5.92 Å². The lowest BCUT2D eigenvalue weighted by Gasteiger charge is -2.36. The fraction of sp³-hybridized carbons (Fsp3) is 0.318. The van der Waals surface area contributed by atoms with Gasteiger partial charge < -0.3 is 15.7 Å². The Bertz CT molecular complexity index is 849. The van der Waals surface area contributed by atoms with E-state index in [2.05, 4.69) is 10.6 Å². The van der Waals surface area contributed by atoms with E-state index in [4.69, 9.17) is 5.11 Å². The van der Waals surface area contributed by atoms with Crippen LogP contribution in [-0.2, 0) is 16.1 Å². The molecule has 3 atom stereocenters. The molecule has 3 rings (SSSR count). The van der Waals surface area contributed by atoms with Crippen LogP contribution in [0.4, 0.5) is 0 Å². The van der Waals surface area contributed by atoms with Crippen molar-refractivity contribution in [2.24, 2.45) is 5.92 Å². The van der Waals surface area contributed by atoms with E-state index in [1.807, 2.05) is 42.5 Å². The van der Waals surface area contributed by atoms with E-state index in [0.29, 0.717) is 12.1 Å². The standard InChI is InChI=1S/C22H24N2O4/c1-14(22(27)28)24-21(26)19-12-11-18(19)16-7-9-17(10-8-16)20(25)23-13-15-5-3-2-4-6-15/h2-10,14,18-19H,11-13H2,1H3,(H,23,25)(H,24,26)(H,27,28)/t14-,18-,19?/m0/s1. The zero-order chi connectivity index (χ0) is 20.1. The smallest absolute Gasteiger partial charge is 0.325 e. The summed E-state index contributed by atoms with van der Waals surface area (Å²) in [6, 6.07) is 16.1. The summed E-state index contributed by atoms with van der Waals surface area (Å²) in [5.74, 6) is -1.58. The molecule has 1 unspecified atom stereocenters. The third-order valence-corrected chi connectivity index (χ3v) is 5.24. The van der Waals surface area contributed by atoms with Crippen LogP contribution >= 0.6 is 0 Å². The van der Waals surface area contributed by atoms with Gasteiger partial charge in [-0.25, -0.2) is 0 Å². The fourth-order valence-electron chi connectivity index (χ4n) is 3.36. The Balaban J connectivity index is 1.57. The maximum Gasteiger partial charge on any atom is 0.325 e. The van der Waals surface area contributed by atoms with Gasteiger partial charge in [0.15, 0.2) is 0 Å². The van der Waals surface area contributed by atoms with Crippen molar-refractivity contribution in [1.82, 2.24) is 10.6 Å². The van der Waals surface area contributed by atoms with Crippen molar-refractivity contribution in [3.05, 3.63) is 71.3 Å². The molecule has 6 nitrogen and oxygen atoms in total. The van der Waals surface area contributed by atoms with Crippen LogP contribution in [-0.4, -0.2) is 28.9 Å². The van der Waals surface area contributed by atoms with Crippen LogP contribution in [0.15, 0.2) is 54.6 Å². The van der Waals surface area contributed by atoms with Gasteiger partial charge >= 0.3 is 5.97 Å². The van der Waals surface area contributed by atoms with Gasteiger partial charge in [0.2, 0.25) is 5.91 Å². The molecule has 0 radical (unpaired) electrons. The average Bonchev–Trinajstić information content (AvgIpc) is 2.66. The summed E-state index contributed by atoms with van der Waals surface area (Å²) in [6.07, 6.45) is 1.61. The number of hydrogen-bond acceptors (Lipinski definition) is 3. The lowest BCUT2D eigenvalue weighted by atomic mass is 9.69. The Morgan fingerprint density at radius 2 is 1.71 bits per heavy atom. The summed E-state index contributed by atoms with van der Waals surface area (Å²) in [7, 11) is 0. The largest absolute Gasteiger partial charge is 0.480 e. The third-order valence-electron chi connectivity index (χ3n) is 5.24. The van der Waals surface area contributed by atoms with Crippen LogP contribution < -0.4 is 10.6 Å². The quantitative estimate of drug-likeness (QED) is 0.688. The van der Waals surface area contributed by atoms with Crippen LogP contribution in [0.3, 0.4) is 0 Å². The number of carbonyl (C=O) groups is 3. The van der Waals surface area contributed by atoms with Gasteiger partial charge in [0.1, 0.15) is 6.04 Å². The summed E-state index contributed by atoms with van der Waals surface area (Å²) < 4.78 is 0. The van der Waals surface area contributed by atoms with E-state index in [1.54, 1.807) is 12.1 Å². The molecule has 1 aliphatic rings. The number of nitrogens with one attached hydrogen (secondary N) is 2. The average molecular weight is 380 g/mol. The minimum absolute atomic E-state index is 0.0578. The predicted molar refractivity (Wildman–Crippen MR) is 105 cm³/mol. The minimum atomic E-state index is -1.05. The molecular formula is C22H24N2O4. The molecule has 1 aliphatic carbocycles.